The fourth-order valence-electron chi connectivity index (χ4n) is 2.91. The van der Waals surface area contributed by atoms with Gasteiger partial charge >= 0.3 is 0 Å². The summed E-state index contributed by atoms with van der Waals surface area (Å²) in [7, 11) is 0. The Morgan fingerprint density at radius 1 is 1.24 bits per heavy atom. The molecule has 1 saturated heterocycles. The Hall–Kier alpha value is -0.0300. The molecule has 2 N–H and O–H groups in total. The van der Waals surface area contributed by atoms with Gasteiger partial charge in [0, 0.05) is 49.3 Å². The number of piperazine rings is 1. The molecule has 0 bridgehead atoms. The summed E-state index contributed by atoms with van der Waals surface area (Å²) < 4.78 is 0. The van der Waals surface area contributed by atoms with Crippen LogP contribution in [0.5, 0.6) is 0 Å². The van der Waals surface area contributed by atoms with Crippen molar-refractivity contribution in [3.63, 3.8) is 0 Å². The minimum Gasteiger partial charge on any atom is -0.396 e. The van der Waals surface area contributed by atoms with Crippen molar-refractivity contribution in [2.45, 2.75) is 19.9 Å². The maximum atomic E-state index is 9.83. The summed E-state index contributed by atoms with van der Waals surface area (Å²) >= 11 is 18.8. The van der Waals surface area contributed by atoms with Gasteiger partial charge in [-0.05, 0) is 17.7 Å². The number of nitrogens with one attached hydrogen (secondary N) is 1. The van der Waals surface area contributed by atoms with Gasteiger partial charge in [-0.2, -0.15) is 0 Å². The average Bonchev–Trinajstić information content (AvgIpc) is 2.45. The lowest BCUT2D eigenvalue weighted by Crippen LogP contribution is -2.49. The second kappa shape index (κ2) is 7.03. The third-order valence-electron chi connectivity index (χ3n) is 3.98. The molecular formula is C15H21Cl3N2O. The Bertz CT molecular complexity index is 502. The average molecular weight is 352 g/mol. The molecule has 0 aliphatic carbocycles. The van der Waals surface area contributed by atoms with Gasteiger partial charge in [-0.15, -0.1) is 0 Å². The zero-order valence-electron chi connectivity index (χ0n) is 12.3. The van der Waals surface area contributed by atoms with E-state index in [4.69, 9.17) is 34.8 Å². The van der Waals surface area contributed by atoms with E-state index in [9.17, 15) is 5.11 Å². The van der Waals surface area contributed by atoms with Crippen LogP contribution in [0, 0.1) is 5.41 Å². The highest BCUT2D eigenvalue weighted by molar-refractivity contribution is 6.43. The van der Waals surface area contributed by atoms with Gasteiger partial charge in [0.1, 0.15) is 0 Å². The molecule has 0 saturated carbocycles. The lowest BCUT2D eigenvalue weighted by Gasteiger charge is -2.44. The molecule has 1 heterocycles. The van der Waals surface area contributed by atoms with Crippen LogP contribution in [0.1, 0.15) is 25.5 Å². The third-order valence-corrected chi connectivity index (χ3v) is 5.02. The van der Waals surface area contributed by atoms with Gasteiger partial charge in [0.2, 0.25) is 0 Å². The quantitative estimate of drug-likeness (QED) is 0.813. The first-order valence-corrected chi connectivity index (χ1v) is 8.20. The Labute approximate surface area is 141 Å². The molecule has 2 rings (SSSR count). The van der Waals surface area contributed by atoms with Gasteiger partial charge < -0.3 is 10.4 Å². The van der Waals surface area contributed by atoms with Crippen LogP contribution < -0.4 is 5.32 Å². The third kappa shape index (κ3) is 3.84. The number of aliphatic hydroxyl groups excluding tert-OH is 1. The first-order chi connectivity index (χ1) is 9.86. The minimum atomic E-state index is -0.352. The van der Waals surface area contributed by atoms with Gasteiger partial charge in [-0.3, -0.25) is 4.90 Å². The summed E-state index contributed by atoms with van der Waals surface area (Å²) in [4.78, 5) is 2.33. The maximum Gasteiger partial charge on any atom is 0.0641 e. The molecule has 118 valence electrons. The van der Waals surface area contributed by atoms with Crippen molar-refractivity contribution < 1.29 is 5.11 Å². The zero-order valence-corrected chi connectivity index (χ0v) is 14.6. The van der Waals surface area contributed by atoms with Crippen LogP contribution in [0.4, 0.5) is 0 Å². The molecule has 1 aromatic carbocycles. The van der Waals surface area contributed by atoms with Gasteiger partial charge in [0.15, 0.2) is 0 Å². The molecule has 1 atom stereocenters. The Kier molecular flexibility index (Phi) is 5.80. The predicted molar refractivity (Wildman–Crippen MR) is 89.5 cm³/mol. The molecule has 6 heteroatoms. The molecule has 0 unspecified atom stereocenters. The fourth-order valence-corrected chi connectivity index (χ4v) is 3.64. The summed E-state index contributed by atoms with van der Waals surface area (Å²) in [5.74, 6) is 0. The molecular weight excluding hydrogens is 331 g/mol. The van der Waals surface area contributed by atoms with Crippen LogP contribution in [0.2, 0.25) is 15.1 Å². The van der Waals surface area contributed by atoms with Crippen molar-refractivity contribution in [2.24, 2.45) is 5.41 Å². The van der Waals surface area contributed by atoms with E-state index in [0.717, 1.165) is 31.7 Å². The highest BCUT2D eigenvalue weighted by Gasteiger charge is 2.37. The monoisotopic (exact) mass is 350 g/mol. The Morgan fingerprint density at radius 3 is 2.43 bits per heavy atom. The summed E-state index contributed by atoms with van der Waals surface area (Å²) in [6, 6.07) is 3.48. The first kappa shape index (κ1) is 17.3. The highest BCUT2D eigenvalue weighted by atomic mass is 35.5. The molecule has 1 aliphatic rings. The molecule has 0 radical (unpaired) electrons. The predicted octanol–water partition coefficient (Wildman–Crippen LogP) is 3.61. The zero-order chi connectivity index (χ0) is 15.6. The van der Waals surface area contributed by atoms with E-state index in [1.54, 1.807) is 6.07 Å². The van der Waals surface area contributed by atoms with Crippen molar-refractivity contribution in [2.75, 3.05) is 32.8 Å². The van der Waals surface area contributed by atoms with Crippen LogP contribution in [-0.4, -0.2) is 42.8 Å². The van der Waals surface area contributed by atoms with E-state index in [-0.39, 0.29) is 18.1 Å². The molecule has 3 nitrogen and oxygen atoms in total. The minimum absolute atomic E-state index is 0.0340. The molecule has 21 heavy (non-hydrogen) atoms. The summed E-state index contributed by atoms with van der Waals surface area (Å²) in [5.41, 5.74) is 0.532. The van der Waals surface area contributed by atoms with Crippen molar-refractivity contribution in [3.8, 4) is 0 Å². The van der Waals surface area contributed by atoms with Crippen molar-refractivity contribution >= 4 is 34.8 Å². The number of benzene rings is 1. The molecule has 0 spiro atoms. The Morgan fingerprint density at radius 2 is 1.86 bits per heavy atom. The SMILES string of the molecule is CC(C)(CO)[C@@H](c1cc(Cl)cc(Cl)c1Cl)N1CCNCC1. The summed E-state index contributed by atoms with van der Waals surface area (Å²) in [6.45, 7) is 7.76. The van der Waals surface area contributed by atoms with E-state index in [1.165, 1.54) is 0 Å². The number of halogens is 3. The maximum absolute atomic E-state index is 9.83. The molecule has 1 aliphatic heterocycles. The Balaban J connectivity index is 2.49. The van der Waals surface area contributed by atoms with Gasteiger partial charge in [-0.1, -0.05) is 48.7 Å². The topological polar surface area (TPSA) is 35.5 Å². The lowest BCUT2D eigenvalue weighted by atomic mass is 9.79. The molecule has 0 aromatic heterocycles. The molecule has 0 amide bonds. The smallest absolute Gasteiger partial charge is 0.0641 e. The van der Waals surface area contributed by atoms with Crippen LogP contribution in [-0.2, 0) is 0 Å². The second-order valence-corrected chi connectivity index (χ2v) is 7.35. The summed E-state index contributed by atoms with van der Waals surface area (Å²) in [6.07, 6.45) is 0. The van der Waals surface area contributed by atoms with E-state index in [0.29, 0.717) is 15.1 Å². The largest absolute Gasteiger partial charge is 0.396 e. The van der Waals surface area contributed by atoms with E-state index in [2.05, 4.69) is 10.2 Å². The number of rotatable bonds is 4. The number of aliphatic hydroxyl groups is 1. The van der Waals surface area contributed by atoms with Crippen LogP contribution in [0.25, 0.3) is 0 Å². The van der Waals surface area contributed by atoms with Gasteiger partial charge in [0.05, 0.1) is 10.0 Å². The van der Waals surface area contributed by atoms with E-state index in [1.807, 2.05) is 19.9 Å². The van der Waals surface area contributed by atoms with Crippen molar-refractivity contribution in [1.29, 1.82) is 0 Å². The molecule has 1 aromatic rings. The van der Waals surface area contributed by atoms with E-state index >= 15 is 0 Å². The highest BCUT2D eigenvalue weighted by Crippen LogP contribution is 2.44. The van der Waals surface area contributed by atoms with Crippen molar-refractivity contribution in [3.05, 3.63) is 32.8 Å². The number of hydrogen-bond acceptors (Lipinski definition) is 3. The van der Waals surface area contributed by atoms with Gasteiger partial charge in [0.25, 0.3) is 0 Å². The van der Waals surface area contributed by atoms with Gasteiger partial charge in [-0.25, -0.2) is 0 Å². The normalized spacial score (nSPS) is 18.8. The lowest BCUT2D eigenvalue weighted by molar-refractivity contribution is 0.0306. The number of nitrogens with zero attached hydrogens (tertiary/aromatic N) is 1. The fraction of sp³-hybridized carbons (Fsp3) is 0.600. The van der Waals surface area contributed by atoms with E-state index < -0.39 is 0 Å². The van der Waals surface area contributed by atoms with Crippen LogP contribution in [0.15, 0.2) is 12.1 Å². The molecule has 1 fully saturated rings. The number of hydrogen-bond donors (Lipinski definition) is 2. The second-order valence-electron chi connectivity index (χ2n) is 6.13. The van der Waals surface area contributed by atoms with Crippen LogP contribution in [0.3, 0.4) is 0 Å². The summed E-state index contributed by atoms with van der Waals surface area (Å²) in [5, 5.41) is 14.7. The first-order valence-electron chi connectivity index (χ1n) is 7.07. The van der Waals surface area contributed by atoms with Crippen molar-refractivity contribution in [1.82, 2.24) is 10.2 Å². The van der Waals surface area contributed by atoms with Crippen LogP contribution >= 0.6 is 34.8 Å². The standard InChI is InChI=1S/C15H21Cl3N2O/c1-15(2,9-21)14(20-5-3-19-4-6-20)11-7-10(16)8-12(17)13(11)18/h7-8,14,19,21H,3-6,9H2,1-2H3/t14-/m1/s1.